The van der Waals surface area contributed by atoms with Crippen molar-refractivity contribution in [2.45, 2.75) is 25.8 Å². The van der Waals surface area contributed by atoms with Gasteiger partial charge >= 0.3 is 0 Å². The van der Waals surface area contributed by atoms with E-state index in [0.717, 1.165) is 34.3 Å². The highest BCUT2D eigenvalue weighted by atomic mass is 16.1. The summed E-state index contributed by atoms with van der Waals surface area (Å²) >= 11 is 0. The molecule has 1 amide bonds. The number of hydrogen-bond acceptors (Lipinski definition) is 5. The SMILES string of the molecule is NC(=O)c1ccc(-n2ncc3cc(-c4cncc(CN5CCCCC5)c4)ccc32)cn1. The number of carbonyl (C=O) groups excluding carboxylic acids is 1. The van der Waals surface area contributed by atoms with Crippen LogP contribution in [0.15, 0.2) is 61.2 Å². The Hall–Kier alpha value is -3.58. The molecule has 0 atom stereocenters. The third-order valence-corrected chi connectivity index (χ3v) is 5.80. The van der Waals surface area contributed by atoms with Gasteiger partial charge in [-0.1, -0.05) is 12.5 Å². The average molecular weight is 412 g/mol. The van der Waals surface area contributed by atoms with Crippen molar-refractivity contribution in [2.75, 3.05) is 13.1 Å². The Kier molecular flexibility index (Phi) is 5.18. The first-order chi connectivity index (χ1) is 15.2. The number of likely N-dealkylation sites (tertiary alicyclic amines) is 1. The van der Waals surface area contributed by atoms with Gasteiger partial charge in [-0.15, -0.1) is 0 Å². The summed E-state index contributed by atoms with van der Waals surface area (Å²) in [7, 11) is 0. The lowest BCUT2D eigenvalue weighted by molar-refractivity contribution is 0.0995. The molecule has 1 aliphatic heterocycles. The van der Waals surface area contributed by atoms with E-state index in [1.165, 1.54) is 37.9 Å². The second-order valence-electron chi connectivity index (χ2n) is 8.01. The second-order valence-corrected chi connectivity index (χ2v) is 8.01. The summed E-state index contributed by atoms with van der Waals surface area (Å²) in [6, 6.07) is 11.9. The molecule has 7 nitrogen and oxygen atoms in total. The average Bonchev–Trinajstić information content (AvgIpc) is 3.23. The number of carbonyl (C=O) groups is 1. The number of aromatic nitrogens is 4. The third-order valence-electron chi connectivity index (χ3n) is 5.80. The van der Waals surface area contributed by atoms with Crippen LogP contribution in [0.4, 0.5) is 0 Å². The maximum Gasteiger partial charge on any atom is 0.267 e. The quantitative estimate of drug-likeness (QED) is 0.541. The van der Waals surface area contributed by atoms with Crippen LogP contribution in [0, 0.1) is 0 Å². The second kappa shape index (κ2) is 8.28. The summed E-state index contributed by atoms with van der Waals surface area (Å²) in [4.78, 5) is 22.4. The van der Waals surface area contributed by atoms with E-state index in [4.69, 9.17) is 5.73 Å². The summed E-state index contributed by atoms with van der Waals surface area (Å²) in [5, 5.41) is 5.53. The van der Waals surface area contributed by atoms with E-state index in [2.05, 4.69) is 44.2 Å². The van der Waals surface area contributed by atoms with Gasteiger partial charge in [0.1, 0.15) is 5.69 Å². The molecule has 2 N–H and O–H groups in total. The Balaban J connectivity index is 1.42. The van der Waals surface area contributed by atoms with Crippen LogP contribution >= 0.6 is 0 Å². The van der Waals surface area contributed by atoms with Crippen LogP contribution < -0.4 is 5.73 Å². The van der Waals surface area contributed by atoms with Crippen LogP contribution in [0.1, 0.15) is 35.3 Å². The lowest BCUT2D eigenvalue weighted by Gasteiger charge is -2.26. The van der Waals surface area contributed by atoms with Crippen LogP contribution in [0.3, 0.4) is 0 Å². The molecule has 156 valence electrons. The highest BCUT2D eigenvalue weighted by molar-refractivity contribution is 5.91. The molecule has 0 saturated carbocycles. The normalized spacial score (nSPS) is 14.7. The molecule has 31 heavy (non-hydrogen) atoms. The third kappa shape index (κ3) is 4.04. The van der Waals surface area contributed by atoms with Crippen molar-refractivity contribution in [3.05, 3.63) is 72.4 Å². The highest BCUT2D eigenvalue weighted by Crippen LogP contribution is 2.26. The minimum absolute atomic E-state index is 0.236. The fourth-order valence-corrected chi connectivity index (χ4v) is 4.18. The lowest BCUT2D eigenvalue weighted by atomic mass is 10.0. The van der Waals surface area contributed by atoms with E-state index in [1.54, 1.807) is 18.3 Å². The van der Waals surface area contributed by atoms with Gasteiger partial charge in [0, 0.05) is 29.9 Å². The van der Waals surface area contributed by atoms with Gasteiger partial charge in [0.2, 0.25) is 0 Å². The molecule has 1 aromatic carbocycles. The monoisotopic (exact) mass is 412 g/mol. The zero-order chi connectivity index (χ0) is 21.2. The van der Waals surface area contributed by atoms with Gasteiger partial charge in [0.05, 0.1) is 23.6 Å². The lowest BCUT2D eigenvalue weighted by Crippen LogP contribution is -2.29. The molecule has 5 rings (SSSR count). The summed E-state index contributed by atoms with van der Waals surface area (Å²) < 4.78 is 1.81. The smallest absolute Gasteiger partial charge is 0.267 e. The van der Waals surface area contributed by atoms with Crippen LogP contribution in [0.25, 0.3) is 27.7 Å². The Labute approximate surface area is 180 Å². The van der Waals surface area contributed by atoms with E-state index in [0.29, 0.717) is 0 Å². The summed E-state index contributed by atoms with van der Waals surface area (Å²) in [6.45, 7) is 3.30. The van der Waals surface area contributed by atoms with E-state index >= 15 is 0 Å². The fraction of sp³-hybridized carbons (Fsp3) is 0.250. The number of amides is 1. The summed E-state index contributed by atoms with van der Waals surface area (Å²) in [6.07, 6.45) is 11.2. The van der Waals surface area contributed by atoms with Gasteiger partial charge in [0.15, 0.2) is 0 Å². The van der Waals surface area contributed by atoms with Gasteiger partial charge < -0.3 is 5.73 Å². The molecule has 4 heterocycles. The molecule has 1 saturated heterocycles. The van der Waals surface area contributed by atoms with Crippen molar-refractivity contribution < 1.29 is 4.79 Å². The van der Waals surface area contributed by atoms with Crippen LogP contribution in [-0.2, 0) is 6.54 Å². The first-order valence-electron chi connectivity index (χ1n) is 10.6. The van der Waals surface area contributed by atoms with Gasteiger partial charge in [-0.25, -0.2) is 9.67 Å². The minimum Gasteiger partial charge on any atom is -0.364 e. The molecule has 3 aromatic heterocycles. The van der Waals surface area contributed by atoms with Crippen LogP contribution in [0.2, 0.25) is 0 Å². The molecule has 0 aliphatic carbocycles. The molecule has 0 spiro atoms. The molecule has 7 heteroatoms. The molecular weight excluding hydrogens is 388 g/mol. The molecule has 0 unspecified atom stereocenters. The van der Waals surface area contributed by atoms with Crippen molar-refractivity contribution >= 4 is 16.8 Å². The largest absolute Gasteiger partial charge is 0.364 e. The van der Waals surface area contributed by atoms with E-state index < -0.39 is 5.91 Å². The van der Waals surface area contributed by atoms with Crippen LogP contribution in [-0.4, -0.2) is 43.6 Å². The molecule has 4 aromatic rings. The standard InChI is InChI=1S/C24H24N6O/c25-24(31)22-6-5-21(15-27-22)30-23-7-4-18(11-20(23)14-28-30)19-10-17(12-26-13-19)16-29-8-2-1-3-9-29/h4-7,10-15H,1-3,8-9,16H2,(H2,25,31). The fourth-order valence-electron chi connectivity index (χ4n) is 4.18. The first kappa shape index (κ1) is 19.4. The summed E-state index contributed by atoms with van der Waals surface area (Å²) in [5.74, 6) is -0.544. The van der Waals surface area contributed by atoms with Gasteiger partial charge in [-0.05, 0) is 67.4 Å². The van der Waals surface area contributed by atoms with Crippen molar-refractivity contribution in [1.82, 2.24) is 24.6 Å². The molecule has 0 bridgehead atoms. The molecule has 1 aliphatic rings. The minimum atomic E-state index is -0.544. The predicted molar refractivity (Wildman–Crippen MR) is 120 cm³/mol. The number of hydrogen-bond donors (Lipinski definition) is 1. The Morgan fingerprint density at radius 3 is 2.58 bits per heavy atom. The van der Waals surface area contributed by atoms with E-state index in [9.17, 15) is 4.79 Å². The Morgan fingerprint density at radius 1 is 0.935 bits per heavy atom. The summed E-state index contributed by atoms with van der Waals surface area (Å²) in [5.41, 5.74) is 10.7. The van der Waals surface area contributed by atoms with Gasteiger partial charge in [-0.3, -0.25) is 14.7 Å². The number of benzene rings is 1. The number of pyridine rings is 2. The molecule has 1 fully saturated rings. The van der Waals surface area contributed by atoms with Gasteiger partial charge in [-0.2, -0.15) is 5.10 Å². The zero-order valence-corrected chi connectivity index (χ0v) is 17.2. The topological polar surface area (TPSA) is 89.9 Å². The van der Waals surface area contributed by atoms with Crippen molar-refractivity contribution in [3.8, 4) is 16.8 Å². The number of nitrogens with two attached hydrogens (primary N) is 1. The molecular formula is C24H24N6O. The van der Waals surface area contributed by atoms with Crippen molar-refractivity contribution in [1.29, 1.82) is 0 Å². The first-order valence-corrected chi connectivity index (χ1v) is 10.6. The van der Waals surface area contributed by atoms with Crippen molar-refractivity contribution in [2.24, 2.45) is 5.73 Å². The maximum absolute atomic E-state index is 11.2. The maximum atomic E-state index is 11.2. The zero-order valence-electron chi connectivity index (χ0n) is 17.2. The Bertz CT molecular complexity index is 1220. The van der Waals surface area contributed by atoms with Crippen LogP contribution in [0.5, 0.6) is 0 Å². The highest BCUT2D eigenvalue weighted by Gasteiger charge is 2.12. The van der Waals surface area contributed by atoms with E-state index in [1.807, 2.05) is 23.3 Å². The number of nitrogens with zero attached hydrogens (tertiary/aromatic N) is 5. The number of primary amides is 1. The number of piperidine rings is 1. The van der Waals surface area contributed by atoms with E-state index in [-0.39, 0.29) is 5.69 Å². The predicted octanol–water partition coefficient (Wildman–Crippen LogP) is 3.57. The molecule has 0 radical (unpaired) electrons. The van der Waals surface area contributed by atoms with Crippen molar-refractivity contribution in [3.63, 3.8) is 0 Å². The number of fused-ring (bicyclic) bond motifs is 1. The van der Waals surface area contributed by atoms with Gasteiger partial charge in [0.25, 0.3) is 5.91 Å². The number of rotatable bonds is 5. The Morgan fingerprint density at radius 2 is 1.81 bits per heavy atom.